The van der Waals surface area contributed by atoms with Crippen molar-refractivity contribution in [1.29, 1.82) is 0 Å². The van der Waals surface area contributed by atoms with Gasteiger partial charge in [-0.3, -0.25) is 9.59 Å². The van der Waals surface area contributed by atoms with Gasteiger partial charge in [-0.1, -0.05) is 12.8 Å². The van der Waals surface area contributed by atoms with Crippen LogP contribution in [0.5, 0.6) is 0 Å². The summed E-state index contributed by atoms with van der Waals surface area (Å²) in [6.07, 6.45) is 10.2. The molecule has 1 atom stereocenters. The van der Waals surface area contributed by atoms with Crippen molar-refractivity contribution in [1.82, 2.24) is 20.2 Å². The number of carbonyl (C=O) groups excluding carboxylic acids is 2. The zero-order valence-corrected chi connectivity index (χ0v) is 15.9. The minimum atomic E-state index is -0.115. The molecule has 144 valence electrons. The van der Waals surface area contributed by atoms with E-state index in [1.165, 1.54) is 0 Å². The van der Waals surface area contributed by atoms with E-state index in [2.05, 4.69) is 20.5 Å². The minimum Gasteiger partial charge on any atom is -0.353 e. The highest BCUT2D eigenvalue weighted by atomic mass is 16.2. The summed E-state index contributed by atoms with van der Waals surface area (Å²) in [6.45, 7) is 3.70. The number of anilines is 1. The fraction of sp³-hybridized carbons (Fsp3) is 0.737. The monoisotopic (exact) mass is 361 g/mol. The number of piperidine rings is 1. The molecule has 0 unspecified atom stereocenters. The average molecular weight is 361 g/mol. The molecule has 7 nitrogen and oxygen atoms in total. The molecule has 1 saturated carbocycles. The number of hydrogen-bond acceptors (Lipinski definition) is 4. The SMILES string of the molecule is C[C@@H](CC(=O)NC1CCN(c2nccn2C)CC1)NC(=O)C1CCCC1. The van der Waals surface area contributed by atoms with Crippen LogP contribution in [0.15, 0.2) is 12.4 Å². The Balaban J connectivity index is 1.37. The normalized spacial score (nSPS) is 20.2. The van der Waals surface area contributed by atoms with Gasteiger partial charge in [0.2, 0.25) is 17.8 Å². The molecule has 2 fully saturated rings. The van der Waals surface area contributed by atoms with E-state index in [9.17, 15) is 9.59 Å². The Morgan fingerprint density at radius 3 is 2.54 bits per heavy atom. The molecule has 7 heteroatoms. The molecular weight excluding hydrogens is 330 g/mol. The van der Waals surface area contributed by atoms with E-state index < -0.39 is 0 Å². The molecule has 26 heavy (non-hydrogen) atoms. The van der Waals surface area contributed by atoms with Crippen LogP contribution < -0.4 is 15.5 Å². The first kappa shape index (κ1) is 18.7. The zero-order valence-electron chi connectivity index (χ0n) is 15.9. The minimum absolute atomic E-state index is 0.0275. The molecule has 0 aromatic carbocycles. The summed E-state index contributed by atoms with van der Waals surface area (Å²) >= 11 is 0. The second kappa shape index (κ2) is 8.56. The van der Waals surface area contributed by atoms with Crippen LogP contribution >= 0.6 is 0 Å². The standard InChI is InChI=1S/C19H31N5O2/c1-14(21-18(26)15-5-3-4-6-15)13-17(25)22-16-7-10-24(11-8-16)19-20-9-12-23(19)2/h9,12,14-16H,3-8,10-11,13H2,1-2H3,(H,21,26)(H,22,25)/t14-/m0/s1. The number of nitrogens with one attached hydrogen (secondary N) is 2. The van der Waals surface area contributed by atoms with E-state index in [-0.39, 0.29) is 29.8 Å². The number of rotatable bonds is 6. The van der Waals surface area contributed by atoms with Crippen molar-refractivity contribution < 1.29 is 9.59 Å². The molecule has 0 bridgehead atoms. The Morgan fingerprint density at radius 1 is 1.23 bits per heavy atom. The molecule has 2 amide bonds. The van der Waals surface area contributed by atoms with Crippen molar-refractivity contribution in [3.63, 3.8) is 0 Å². The number of aromatic nitrogens is 2. The Bertz CT molecular complexity index is 615. The van der Waals surface area contributed by atoms with Crippen molar-refractivity contribution in [3.8, 4) is 0 Å². The molecule has 2 heterocycles. The molecule has 2 aliphatic rings. The predicted octanol–water partition coefficient (Wildman–Crippen LogP) is 1.59. The lowest BCUT2D eigenvalue weighted by Gasteiger charge is -2.33. The van der Waals surface area contributed by atoms with E-state index in [0.717, 1.165) is 57.6 Å². The first-order chi connectivity index (χ1) is 12.5. The van der Waals surface area contributed by atoms with E-state index >= 15 is 0 Å². The van der Waals surface area contributed by atoms with Crippen molar-refractivity contribution >= 4 is 17.8 Å². The summed E-state index contributed by atoms with van der Waals surface area (Å²) in [6, 6.07) is 0.0903. The van der Waals surface area contributed by atoms with Gasteiger partial charge in [0.25, 0.3) is 0 Å². The number of nitrogens with zero attached hydrogens (tertiary/aromatic N) is 3. The summed E-state index contributed by atoms with van der Waals surface area (Å²) in [5.41, 5.74) is 0. The van der Waals surface area contributed by atoms with Crippen LogP contribution in [-0.2, 0) is 16.6 Å². The lowest BCUT2D eigenvalue weighted by atomic mass is 10.0. The zero-order chi connectivity index (χ0) is 18.5. The van der Waals surface area contributed by atoms with Gasteiger partial charge in [0.1, 0.15) is 0 Å². The maximum atomic E-state index is 12.3. The Morgan fingerprint density at radius 2 is 1.92 bits per heavy atom. The summed E-state index contributed by atoms with van der Waals surface area (Å²) in [5.74, 6) is 1.28. The highest BCUT2D eigenvalue weighted by Gasteiger charge is 2.26. The Kier molecular flexibility index (Phi) is 6.16. The lowest BCUT2D eigenvalue weighted by molar-refractivity contribution is -0.126. The van der Waals surface area contributed by atoms with Crippen LogP contribution in [0, 0.1) is 5.92 Å². The van der Waals surface area contributed by atoms with Crippen LogP contribution in [-0.4, -0.2) is 46.5 Å². The van der Waals surface area contributed by atoms with Gasteiger partial charge in [-0.05, 0) is 32.6 Å². The van der Waals surface area contributed by atoms with Gasteiger partial charge in [-0.2, -0.15) is 0 Å². The van der Waals surface area contributed by atoms with Crippen LogP contribution in [0.25, 0.3) is 0 Å². The third kappa shape index (κ3) is 4.77. The molecular formula is C19H31N5O2. The second-order valence-electron chi connectivity index (χ2n) is 7.76. The molecule has 3 rings (SSSR count). The fourth-order valence-electron chi connectivity index (χ4n) is 4.05. The molecule has 2 N–H and O–H groups in total. The maximum absolute atomic E-state index is 12.3. The van der Waals surface area contributed by atoms with Gasteiger partial charge in [-0.25, -0.2) is 4.98 Å². The van der Waals surface area contributed by atoms with E-state index in [1.807, 2.05) is 30.9 Å². The van der Waals surface area contributed by atoms with E-state index in [1.54, 1.807) is 0 Å². The van der Waals surface area contributed by atoms with Crippen LogP contribution in [0.2, 0.25) is 0 Å². The van der Waals surface area contributed by atoms with Gasteiger partial charge < -0.3 is 20.1 Å². The molecule has 1 aromatic rings. The van der Waals surface area contributed by atoms with E-state index in [0.29, 0.717) is 6.42 Å². The Labute approximate surface area is 155 Å². The lowest BCUT2D eigenvalue weighted by Crippen LogP contribution is -2.47. The topological polar surface area (TPSA) is 79.3 Å². The molecule has 1 aromatic heterocycles. The number of hydrogen-bond donors (Lipinski definition) is 2. The first-order valence-corrected chi connectivity index (χ1v) is 9.85. The van der Waals surface area contributed by atoms with Gasteiger partial charge in [0.15, 0.2) is 0 Å². The predicted molar refractivity (Wildman–Crippen MR) is 101 cm³/mol. The summed E-state index contributed by atoms with van der Waals surface area (Å²) in [7, 11) is 2.00. The van der Waals surface area contributed by atoms with Gasteiger partial charge in [0.05, 0.1) is 0 Å². The number of amides is 2. The summed E-state index contributed by atoms with van der Waals surface area (Å²) in [4.78, 5) is 31.1. The van der Waals surface area contributed by atoms with Crippen LogP contribution in [0.4, 0.5) is 5.95 Å². The average Bonchev–Trinajstić information content (AvgIpc) is 3.27. The quantitative estimate of drug-likeness (QED) is 0.806. The van der Waals surface area contributed by atoms with Gasteiger partial charge >= 0.3 is 0 Å². The van der Waals surface area contributed by atoms with Gasteiger partial charge in [0, 0.05) is 57.0 Å². The van der Waals surface area contributed by atoms with Gasteiger partial charge in [-0.15, -0.1) is 0 Å². The van der Waals surface area contributed by atoms with E-state index in [4.69, 9.17) is 0 Å². The number of carbonyl (C=O) groups is 2. The highest BCUT2D eigenvalue weighted by Crippen LogP contribution is 2.24. The van der Waals surface area contributed by atoms with Crippen molar-refractivity contribution in [2.24, 2.45) is 13.0 Å². The Hall–Kier alpha value is -2.05. The molecule has 0 radical (unpaired) electrons. The van der Waals surface area contributed by atoms with Crippen LogP contribution in [0.1, 0.15) is 51.9 Å². The van der Waals surface area contributed by atoms with Crippen LogP contribution in [0.3, 0.4) is 0 Å². The highest BCUT2D eigenvalue weighted by molar-refractivity contribution is 5.81. The molecule has 1 aliphatic carbocycles. The fourth-order valence-corrected chi connectivity index (χ4v) is 4.05. The molecule has 1 aliphatic heterocycles. The van der Waals surface area contributed by atoms with Crippen molar-refractivity contribution in [3.05, 3.63) is 12.4 Å². The molecule has 1 saturated heterocycles. The maximum Gasteiger partial charge on any atom is 0.223 e. The first-order valence-electron chi connectivity index (χ1n) is 9.85. The summed E-state index contributed by atoms with van der Waals surface area (Å²) in [5, 5.41) is 6.13. The van der Waals surface area contributed by atoms with Crippen molar-refractivity contribution in [2.75, 3.05) is 18.0 Å². The number of aryl methyl sites for hydroxylation is 1. The smallest absolute Gasteiger partial charge is 0.223 e. The number of imidazole rings is 1. The molecule has 0 spiro atoms. The third-order valence-electron chi connectivity index (χ3n) is 5.54. The summed E-state index contributed by atoms with van der Waals surface area (Å²) < 4.78 is 2.02. The van der Waals surface area contributed by atoms with Crippen molar-refractivity contribution in [2.45, 2.75) is 64.0 Å². The largest absolute Gasteiger partial charge is 0.353 e. The second-order valence-corrected chi connectivity index (χ2v) is 7.76. The third-order valence-corrected chi connectivity index (χ3v) is 5.54.